The minimum Gasteiger partial charge on any atom is -0.444 e. The first-order valence-corrected chi connectivity index (χ1v) is 12.6. The highest BCUT2D eigenvalue weighted by Crippen LogP contribution is 2.40. The molecule has 33 heavy (non-hydrogen) atoms. The molecule has 0 radical (unpaired) electrons. The molecule has 1 aromatic heterocycles. The van der Waals surface area contributed by atoms with Gasteiger partial charge in [-0.2, -0.15) is 0 Å². The van der Waals surface area contributed by atoms with Gasteiger partial charge in [0.25, 0.3) is 0 Å². The monoisotopic (exact) mass is 472 g/mol. The molecule has 7 nitrogen and oxygen atoms in total. The van der Waals surface area contributed by atoms with Crippen LogP contribution in [0.3, 0.4) is 0 Å². The largest absolute Gasteiger partial charge is 0.444 e. The summed E-state index contributed by atoms with van der Waals surface area (Å²) in [5, 5.41) is 9.09. The van der Waals surface area contributed by atoms with Crippen molar-refractivity contribution in [1.82, 2.24) is 19.7 Å². The lowest BCUT2D eigenvalue weighted by molar-refractivity contribution is -0.0666. The van der Waals surface area contributed by atoms with E-state index in [0.29, 0.717) is 24.6 Å². The lowest BCUT2D eigenvalue weighted by Gasteiger charge is -2.34. The first-order valence-electron chi connectivity index (χ1n) is 12.1. The third-order valence-corrected chi connectivity index (χ3v) is 7.31. The number of rotatable bonds is 3. The zero-order valence-corrected chi connectivity index (χ0v) is 20.4. The first kappa shape index (κ1) is 22.7. The van der Waals surface area contributed by atoms with E-state index in [1.807, 2.05) is 39.0 Å². The van der Waals surface area contributed by atoms with Gasteiger partial charge in [0.05, 0.1) is 24.4 Å². The van der Waals surface area contributed by atoms with Crippen LogP contribution in [0.1, 0.15) is 94.3 Å². The molecule has 2 saturated carbocycles. The number of amides is 1. The average Bonchev–Trinajstić information content (AvgIpc) is 3.13. The summed E-state index contributed by atoms with van der Waals surface area (Å²) in [6.45, 7) is 5.91. The summed E-state index contributed by atoms with van der Waals surface area (Å²) in [4.78, 5) is 14.5. The van der Waals surface area contributed by atoms with E-state index in [1.54, 1.807) is 0 Å². The fraction of sp³-hybridized carbons (Fsp3) is 0.640. The van der Waals surface area contributed by atoms with Crippen LogP contribution in [0, 0.1) is 0 Å². The topological polar surface area (TPSA) is 69.5 Å². The standard InChI is InChI=1S/C25H33ClN4O3/c1-25(2,3)33-24(31)29-15-17-7-4-5-10-20(17)30-22(27-28-23(30)21(29)26)16-11-13-19(14-12-16)32-18-8-6-9-18/h4-5,7,10,16,18-19,21H,6,8-9,11-15H2,1-3H3. The van der Waals surface area contributed by atoms with Crippen molar-refractivity contribution in [3.63, 3.8) is 0 Å². The molecule has 1 unspecified atom stereocenters. The van der Waals surface area contributed by atoms with Crippen LogP contribution in [0.4, 0.5) is 4.79 Å². The smallest absolute Gasteiger partial charge is 0.412 e. The fourth-order valence-electron chi connectivity index (χ4n) is 4.95. The Morgan fingerprint density at radius 2 is 1.67 bits per heavy atom. The Bertz CT molecular complexity index is 1010. The van der Waals surface area contributed by atoms with Crippen molar-refractivity contribution < 1.29 is 14.3 Å². The number of hydrogen-bond donors (Lipinski definition) is 0. The summed E-state index contributed by atoms with van der Waals surface area (Å²) in [6, 6.07) is 8.06. The van der Waals surface area contributed by atoms with Crippen molar-refractivity contribution >= 4 is 17.7 Å². The van der Waals surface area contributed by atoms with E-state index in [4.69, 9.17) is 21.1 Å². The van der Waals surface area contributed by atoms with Gasteiger partial charge < -0.3 is 9.47 Å². The SMILES string of the molecule is CC(C)(C)OC(=O)N1Cc2ccccc2-n2c(C3CCC(OC4CCC4)CC3)nnc2C1Cl. The summed E-state index contributed by atoms with van der Waals surface area (Å²) in [7, 11) is 0. The highest BCUT2D eigenvalue weighted by Gasteiger charge is 2.38. The van der Waals surface area contributed by atoms with Gasteiger partial charge in [-0.25, -0.2) is 4.79 Å². The van der Waals surface area contributed by atoms with Gasteiger partial charge in [0, 0.05) is 5.92 Å². The number of carbonyl (C=O) groups is 1. The lowest BCUT2D eigenvalue weighted by atomic mass is 9.86. The van der Waals surface area contributed by atoms with E-state index in [2.05, 4.69) is 20.8 Å². The lowest BCUT2D eigenvalue weighted by Crippen LogP contribution is -2.37. The third-order valence-electron chi connectivity index (χ3n) is 6.88. The van der Waals surface area contributed by atoms with Crippen molar-refractivity contribution in [3.8, 4) is 5.69 Å². The number of nitrogens with zero attached hydrogens (tertiary/aromatic N) is 4. The zero-order valence-electron chi connectivity index (χ0n) is 19.7. The minimum atomic E-state index is -0.771. The maximum Gasteiger partial charge on any atom is 0.412 e. The predicted molar refractivity (Wildman–Crippen MR) is 125 cm³/mol. The van der Waals surface area contributed by atoms with Crippen LogP contribution in [0.25, 0.3) is 5.69 Å². The van der Waals surface area contributed by atoms with E-state index in [-0.39, 0.29) is 5.92 Å². The summed E-state index contributed by atoms with van der Waals surface area (Å²) in [6.07, 6.45) is 8.20. The van der Waals surface area contributed by atoms with Crippen LogP contribution in [0.15, 0.2) is 24.3 Å². The van der Waals surface area contributed by atoms with Gasteiger partial charge in [-0.1, -0.05) is 29.8 Å². The van der Waals surface area contributed by atoms with Crippen LogP contribution >= 0.6 is 11.6 Å². The quantitative estimate of drug-likeness (QED) is 0.414. The van der Waals surface area contributed by atoms with Crippen LogP contribution in [0.2, 0.25) is 0 Å². The number of hydrogen-bond acceptors (Lipinski definition) is 5. The number of carbonyl (C=O) groups excluding carboxylic acids is 1. The Kier molecular flexibility index (Phi) is 6.12. The van der Waals surface area contributed by atoms with Crippen LogP contribution in [-0.4, -0.2) is 43.6 Å². The Labute approximate surface area is 200 Å². The van der Waals surface area contributed by atoms with Crippen LogP contribution in [0.5, 0.6) is 0 Å². The van der Waals surface area contributed by atoms with Crippen molar-refractivity contribution in [3.05, 3.63) is 41.5 Å². The second kappa shape index (κ2) is 8.91. The van der Waals surface area contributed by atoms with Crippen molar-refractivity contribution in [1.29, 1.82) is 0 Å². The summed E-state index contributed by atoms with van der Waals surface area (Å²) in [5.74, 6) is 1.78. The van der Waals surface area contributed by atoms with Gasteiger partial charge in [0.15, 0.2) is 11.3 Å². The van der Waals surface area contributed by atoms with Gasteiger partial charge in [-0.15, -0.1) is 10.2 Å². The molecule has 0 saturated heterocycles. The molecule has 1 amide bonds. The highest BCUT2D eigenvalue weighted by molar-refractivity contribution is 6.21. The number of ether oxygens (including phenoxy) is 2. The zero-order chi connectivity index (χ0) is 23.2. The minimum absolute atomic E-state index is 0.289. The Balaban J connectivity index is 1.43. The Morgan fingerprint density at radius 3 is 2.33 bits per heavy atom. The van der Waals surface area contributed by atoms with Crippen molar-refractivity contribution in [2.45, 2.75) is 101 Å². The van der Waals surface area contributed by atoms with E-state index in [0.717, 1.165) is 42.8 Å². The molecule has 178 valence electrons. The maximum absolute atomic E-state index is 13.0. The van der Waals surface area contributed by atoms with Gasteiger partial charge in [0.2, 0.25) is 0 Å². The molecule has 0 bridgehead atoms. The number of halogens is 1. The van der Waals surface area contributed by atoms with Crippen LogP contribution < -0.4 is 0 Å². The summed E-state index contributed by atoms with van der Waals surface area (Å²) < 4.78 is 14.0. The first-order chi connectivity index (χ1) is 15.8. The number of aromatic nitrogens is 3. The highest BCUT2D eigenvalue weighted by atomic mass is 35.5. The molecule has 1 aliphatic heterocycles. The van der Waals surface area contributed by atoms with Gasteiger partial charge in [-0.05, 0) is 77.3 Å². The van der Waals surface area contributed by atoms with Gasteiger partial charge >= 0.3 is 6.09 Å². The molecule has 1 aromatic carbocycles. The molecule has 2 heterocycles. The Morgan fingerprint density at radius 1 is 1.00 bits per heavy atom. The summed E-state index contributed by atoms with van der Waals surface area (Å²) >= 11 is 6.87. The number of para-hydroxylation sites is 1. The molecule has 2 fully saturated rings. The Hall–Kier alpha value is -2.12. The molecule has 2 aromatic rings. The van der Waals surface area contributed by atoms with Crippen molar-refractivity contribution in [2.75, 3.05) is 0 Å². The number of fused-ring (bicyclic) bond motifs is 3. The molecular weight excluding hydrogens is 440 g/mol. The van der Waals surface area contributed by atoms with E-state index in [9.17, 15) is 4.79 Å². The second-order valence-corrected chi connectivity index (χ2v) is 10.9. The molecule has 3 aliphatic rings. The van der Waals surface area contributed by atoms with Crippen LogP contribution in [-0.2, 0) is 16.0 Å². The third kappa shape index (κ3) is 4.62. The summed E-state index contributed by atoms with van der Waals surface area (Å²) in [5.41, 5.74) is 0.595. The van der Waals surface area contributed by atoms with Crippen molar-refractivity contribution in [2.24, 2.45) is 0 Å². The second-order valence-electron chi connectivity index (χ2n) is 10.5. The molecule has 0 N–H and O–H groups in total. The number of alkyl halides is 1. The van der Waals surface area contributed by atoms with E-state index < -0.39 is 17.2 Å². The maximum atomic E-state index is 13.0. The predicted octanol–water partition coefficient (Wildman–Crippen LogP) is 5.85. The van der Waals surface area contributed by atoms with Gasteiger partial charge in [0.1, 0.15) is 11.4 Å². The molecule has 8 heteroatoms. The molecule has 5 rings (SSSR count). The molecule has 1 atom stereocenters. The normalized spacial score (nSPS) is 25.6. The van der Waals surface area contributed by atoms with E-state index in [1.165, 1.54) is 24.2 Å². The molecular formula is C25H33ClN4O3. The van der Waals surface area contributed by atoms with Gasteiger partial charge in [-0.3, -0.25) is 9.47 Å². The average molecular weight is 473 g/mol. The number of benzene rings is 1. The fourth-order valence-corrected chi connectivity index (χ4v) is 5.24. The van der Waals surface area contributed by atoms with E-state index >= 15 is 0 Å². The molecule has 0 spiro atoms. The molecule has 2 aliphatic carbocycles.